The highest BCUT2D eigenvalue weighted by molar-refractivity contribution is 6.11. The van der Waals surface area contributed by atoms with Gasteiger partial charge in [0.25, 0.3) is 0 Å². The lowest BCUT2D eigenvalue weighted by atomic mass is 10.0. The van der Waals surface area contributed by atoms with E-state index in [1.54, 1.807) is 6.20 Å². The van der Waals surface area contributed by atoms with E-state index in [-0.39, 0.29) is 0 Å². The van der Waals surface area contributed by atoms with Gasteiger partial charge in [-0.25, -0.2) is 0 Å². The fraction of sp³-hybridized carbons (Fsp3) is 0.0333. The summed E-state index contributed by atoms with van der Waals surface area (Å²) in [5, 5.41) is 4.70. The van der Waals surface area contributed by atoms with Crippen molar-refractivity contribution >= 4 is 43.7 Å². The minimum atomic E-state index is 0.815. The van der Waals surface area contributed by atoms with Gasteiger partial charge in [-0.15, -0.1) is 0 Å². The van der Waals surface area contributed by atoms with E-state index in [0.29, 0.717) is 0 Å². The zero-order chi connectivity index (χ0) is 21.9. The number of nitrogens with zero attached hydrogens (tertiary/aromatic N) is 2. The predicted octanol–water partition coefficient (Wildman–Crippen LogP) is 8.05. The second-order valence-electron chi connectivity index (χ2n) is 8.61. The first-order valence-corrected chi connectivity index (χ1v) is 11.1. The Bertz CT molecular complexity index is 1840. The second kappa shape index (κ2) is 6.81. The van der Waals surface area contributed by atoms with Crippen molar-refractivity contribution in [2.24, 2.45) is 0 Å². The number of aryl methyl sites for hydroxylation is 1. The molecule has 0 aliphatic heterocycles. The number of rotatable bonds is 2. The van der Waals surface area contributed by atoms with Gasteiger partial charge >= 0.3 is 0 Å². The number of para-hydroxylation sites is 1. The Morgan fingerprint density at radius 3 is 2.45 bits per heavy atom. The summed E-state index contributed by atoms with van der Waals surface area (Å²) in [5.74, 6) is 0. The highest BCUT2D eigenvalue weighted by Crippen LogP contribution is 2.37. The van der Waals surface area contributed by atoms with E-state index in [0.717, 1.165) is 27.6 Å². The van der Waals surface area contributed by atoms with Crippen LogP contribution in [-0.2, 0) is 0 Å². The topological polar surface area (TPSA) is 31.0 Å². The van der Waals surface area contributed by atoms with Gasteiger partial charge in [0.05, 0.1) is 17.2 Å². The fourth-order valence-electron chi connectivity index (χ4n) is 5.01. The lowest BCUT2D eigenvalue weighted by Crippen LogP contribution is -1.93. The first-order chi connectivity index (χ1) is 16.3. The summed E-state index contributed by atoms with van der Waals surface area (Å²) in [7, 11) is 0. The molecule has 0 bridgehead atoms. The number of benzene rings is 4. The molecule has 0 fully saturated rings. The molecular weight excluding hydrogens is 404 g/mol. The van der Waals surface area contributed by atoms with Gasteiger partial charge in [-0.2, -0.15) is 0 Å². The van der Waals surface area contributed by atoms with E-state index in [9.17, 15) is 0 Å². The average molecular weight is 425 g/mol. The Kier molecular flexibility index (Phi) is 3.76. The molecule has 3 nitrogen and oxygen atoms in total. The molecule has 0 atom stereocenters. The largest absolute Gasteiger partial charge is 0.454 e. The van der Waals surface area contributed by atoms with E-state index in [2.05, 4.69) is 101 Å². The Hall–Kier alpha value is -4.37. The molecule has 0 unspecified atom stereocenters. The van der Waals surface area contributed by atoms with Crippen LogP contribution < -0.4 is 0 Å². The number of pyridine rings is 1. The smallest absolute Gasteiger partial charge is 0.153 e. The van der Waals surface area contributed by atoms with Crippen LogP contribution in [0.4, 0.5) is 0 Å². The maximum atomic E-state index is 6.00. The Labute approximate surface area is 190 Å². The van der Waals surface area contributed by atoms with Gasteiger partial charge in [-0.05, 0) is 60.5 Å². The Balaban J connectivity index is 1.52. The molecule has 33 heavy (non-hydrogen) atoms. The van der Waals surface area contributed by atoms with Crippen molar-refractivity contribution < 1.29 is 4.42 Å². The van der Waals surface area contributed by atoms with Crippen LogP contribution in [0.5, 0.6) is 0 Å². The first-order valence-electron chi connectivity index (χ1n) is 11.1. The van der Waals surface area contributed by atoms with Crippen molar-refractivity contribution in [3.05, 3.63) is 109 Å². The minimum absolute atomic E-state index is 0.815. The fourth-order valence-corrected chi connectivity index (χ4v) is 5.01. The van der Waals surface area contributed by atoms with Crippen molar-refractivity contribution in [3.8, 4) is 16.8 Å². The third-order valence-electron chi connectivity index (χ3n) is 6.54. The van der Waals surface area contributed by atoms with E-state index in [1.165, 1.54) is 38.5 Å². The zero-order valence-electron chi connectivity index (χ0n) is 18.1. The van der Waals surface area contributed by atoms with Gasteiger partial charge in [0.15, 0.2) is 5.58 Å². The first kappa shape index (κ1) is 18.2. The standard InChI is InChI=1S/C30H20N2O/c1-19-5-4-6-20(15-19)21-9-11-28-25(16-21)23-7-2-3-8-27(23)32(28)22-10-12-29-26(17-22)24-13-14-31-18-30(24)33-29/h2-18H,1H3. The van der Waals surface area contributed by atoms with Crippen LogP contribution in [0, 0.1) is 6.92 Å². The average Bonchev–Trinajstić information content (AvgIpc) is 3.39. The molecule has 0 radical (unpaired) electrons. The maximum Gasteiger partial charge on any atom is 0.153 e. The van der Waals surface area contributed by atoms with Gasteiger partial charge in [-0.3, -0.25) is 4.98 Å². The number of aromatic nitrogens is 2. The van der Waals surface area contributed by atoms with Crippen LogP contribution in [0.15, 0.2) is 108 Å². The van der Waals surface area contributed by atoms with Crippen molar-refractivity contribution in [2.45, 2.75) is 6.92 Å². The number of fused-ring (bicyclic) bond motifs is 6. The third-order valence-corrected chi connectivity index (χ3v) is 6.54. The predicted molar refractivity (Wildman–Crippen MR) is 136 cm³/mol. The van der Waals surface area contributed by atoms with Crippen LogP contribution in [-0.4, -0.2) is 9.55 Å². The van der Waals surface area contributed by atoms with Gasteiger partial charge in [0.2, 0.25) is 0 Å². The quantitative estimate of drug-likeness (QED) is 0.281. The van der Waals surface area contributed by atoms with Crippen molar-refractivity contribution in [3.63, 3.8) is 0 Å². The van der Waals surface area contributed by atoms with Crippen LogP contribution in [0.1, 0.15) is 5.56 Å². The van der Waals surface area contributed by atoms with Crippen LogP contribution in [0.3, 0.4) is 0 Å². The molecular formula is C30H20N2O. The van der Waals surface area contributed by atoms with Crippen molar-refractivity contribution in [1.82, 2.24) is 9.55 Å². The van der Waals surface area contributed by atoms with Crippen LogP contribution >= 0.6 is 0 Å². The lowest BCUT2D eigenvalue weighted by Gasteiger charge is -2.09. The van der Waals surface area contributed by atoms with Gasteiger partial charge in [0.1, 0.15) is 5.58 Å². The van der Waals surface area contributed by atoms with Crippen LogP contribution in [0.25, 0.3) is 60.6 Å². The number of hydrogen-bond donors (Lipinski definition) is 0. The van der Waals surface area contributed by atoms with E-state index >= 15 is 0 Å². The molecule has 0 aliphatic rings. The Morgan fingerprint density at radius 2 is 1.52 bits per heavy atom. The molecule has 0 N–H and O–H groups in total. The Morgan fingerprint density at radius 1 is 0.636 bits per heavy atom. The summed E-state index contributed by atoms with van der Waals surface area (Å²) in [6.07, 6.45) is 3.60. The lowest BCUT2D eigenvalue weighted by molar-refractivity contribution is 0.667. The van der Waals surface area contributed by atoms with Crippen molar-refractivity contribution in [1.29, 1.82) is 0 Å². The zero-order valence-corrected chi connectivity index (χ0v) is 18.1. The van der Waals surface area contributed by atoms with Gasteiger partial charge in [0, 0.05) is 33.4 Å². The maximum absolute atomic E-state index is 6.00. The summed E-state index contributed by atoms with van der Waals surface area (Å²) >= 11 is 0. The molecule has 7 aromatic rings. The van der Waals surface area contributed by atoms with Crippen molar-refractivity contribution in [2.75, 3.05) is 0 Å². The van der Waals surface area contributed by atoms with E-state index in [1.807, 2.05) is 12.3 Å². The molecule has 3 aromatic heterocycles. The second-order valence-corrected chi connectivity index (χ2v) is 8.61. The third kappa shape index (κ3) is 2.72. The van der Waals surface area contributed by atoms with E-state index in [4.69, 9.17) is 4.42 Å². The summed E-state index contributed by atoms with van der Waals surface area (Å²) < 4.78 is 8.35. The summed E-state index contributed by atoms with van der Waals surface area (Å²) in [6, 6.07) is 32.6. The normalized spacial score (nSPS) is 11.8. The summed E-state index contributed by atoms with van der Waals surface area (Å²) in [6.45, 7) is 2.14. The SMILES string of the molecule is Cc1cccc(-c2ccc3c(c2)c2ccccc2n3-c2ccc3oc4cnccc4c3c2)c1. The van der Waals surface area contributed by atoms with E-state index < -0.39 is 0 Å². The molecule has 0 saturated carbocycles. The molecule has 0 spiro atoms. The number of hydrogen-bond acceptors (Lipinski definition) is 2. The van der Waals surface area contributed by atoms with Gasteiger partial charge < -0.3 is 8.98 Å². The van der Waals surface area contributed by atoms with Crippen LogP contribution in [0.2, 0.25) is 0 Å². The summed E-state index contributed by atoms with van der Waals surface area (Å²) in [4.78, 5) is 4.20. The molecule has 3 heteroatoms. The van der Waals surface area contributed by atoms with Gasteiger partial charge in [-0.1, -0.05) is 54.1 Å². The molecule has 156 valence electrons. The minimum Gasteiger partial charge on any atom is -0.454 e. The molecule has 0 amide bonds. The molecule has 3 heterocycles. The summed E-state index contributed by atoms with van der Waals surface area (Å²) in [5.41, 5.74) is 8.96. The molecule has 7 rings (SSSR count). The highest BCUT2D eigenvalue weighted by Gasteiger charge is 2.15. The molecule has 0 aliphatic carbocycles. The molecule has 4 aromatic carbocycles. The monoisotopic (exact) mass is 424 g/mol. The molecule has 0 saturated heterocycles. The highest BCUT2D eigenvalue weighted by atomic mass is 16.3. The number of furan rings is 1.